The number of hydrogen-bond acceptors (Lipinski definition) is 9. The molecule has 63 heavy (non-hydrogen) atoms. The van der Waals surface area contributed by atoms with E-state index in [-0.39, 0.29) is 39.8 Å². The quantitative estimate of drug-likeness (QED) is 0.0978. The van der Waals surface area contributed by atoms with E-state index in [1.54, 1.807) is 42.6 Å². The molecule has 0 spiro atoms. The molecule has 1 unspecified atom stereocenters. The van der Waals surface area contributed by atoms with Gasteiger partial charge in [-0.3, -0.25) is 14.8 Å². The van der Waals surface area contributed by atoms with Gasteiger partial charge in [-0.15, -0.1) is 0 Å². The number of nitrogens with two attached hydrogens (primary N) is 1. The zero-order valence-electron chi connectivity index (χ0n) is 31.9. The summed E-state index contributed by atoms with van der Waals surface area (Å²) in [5.41, 5.74) is 4.51. The number of alkyl halides is 6. The summed E-state index contributed by atoms with van der Waals surface area (Å²) < 4.78 is 102. The van der Waals surface area contributed by atoms with E-state index in [0.717, 1.165) is 48.1 Å². The fourth-order valence-corrected chi connectivity index (χ4v) is 6.03. The summed E-state index contributed by atoms with van der Waals surface area (Å²) in [7, 11) is 0. The minimum Gasteiger partial charge on any atom is -0.506 e. The number of nitrogen functional groups attached to an aromatic ring is 1. The lowest BCUT2D eigenvalue weighted by molar-refractivity contribution is -0.138. The Labute approximate surface area is 362 Å². The normalized spacial score (nSPS) is 11.5. The van der Waals surface area contributed by atoms with E-state index < -0.39 is 45.4 Å². The minimum atomic E-state index is -4.67. The molecule has 0 aliphatic rings. The first-order valence-electron chi connectivity index (χ1n) is 17.9. The van der Waals surface area contributed by atoms with Crippen LogP contribution in [0.1, 0.15) is 38.7 Å². The Morgan fingerprint density at radius 1 is 0.635 bits per heavy atom. The summed E-state index contributed by atoms with van der Waals surface area (Å²) >= 11 is 11.1. The first-order chi connectivity index (χ1) is 29.8. The van der Waals surface area contributed by atoms with Gasteiger partial charge < -0.3 is 21.3 Å². The van der Waals surface area contributed by atoms with E-state index in [9.17, 15) is 50.1 Å². The molecule has 324 valence electrons. The molecule has 0 aliphatic heterocycles. The number of carbonyl (C=O) groups excluding carboxylic acids is 1. The Morgan fingerprint density at radius 2 is 1.21 bits per heavy atom. The number of carbonyl (C=O) groups is 1. The van der Waals surface area contributed by atoms with Crippen molar-refractivity contribution in [3.63, 3.8) is 0 Å². The number of anilines is 2. The molecule has 0 aliphatic carbocycles. The van der Waals surface area contributed by atoms with Crippen molar-refractivity contribution in [2.24, 2.45) is 0 Å². The van der Waals surface area contributed by atoms with Gasteiger partial charge in [-0.25, -0.2) is 18.7 Å². The number of phenols is 2. The molecule has 1 atom stereocenters. The average Bonchev–Trinajstić information content (AvgIpc) is 3.25. The number of fused-ring (bicyclic) bond motifs is 2. The van der Waals surface area contributed by atoms with Gasteiger partial charge in [-0.1, -0.05) is 71.7 Å². The van der Waals surface area contributed by atoms with Gasteiger partial charge in [0.2, 0.25) is 0 Å². The minimum absolute atomic E-state index is 0.0447. The monoisotopic (exact) mass is 912 g/mol. The van der Waals surface area contributed by atoms with Crippen LogP contribution in [-0.2, 0) is 12.4 Å². The molecule has 0 saturated heterocycles. The number of phenolic OH excluding ortho intramolecular Hbond substituents is 2. The zero-order valence-corrected chi connectivity index (χ0v) is 33.4. The highest BCUT2D eigenvalue weighted by Gasteiger charge is 2.35. The maximum Gasteiger partial charge on any atom is 0.417 e. The Balaban J connectivity index is 0.000000190. The van der Waals surface area contributed by atoms with E-state index in [0.29, 0.717) is 28.5 Å². The van der Waals surface area contributed by atoms with Crippen LogP contribution >= 0.6 is 23.2 Å². The number of pyridine rings is 4. The maximum absolute atomic E-state index is 13.4. The highest BCUT2D eigenvalue weighted by Crippen LogP contribution is 2.41. The molecule has 8 rings (SSSR count). The number of aromatic hydroxyl groups is 2. The summed E-state index contributed by atoms with van der Waals surface area (Å²) in [5.74, 6) is -0.337. The number of nitrogens with zero attached hydrogens (tertiary/aromatic N) is 4. The van der Waals surface area contributed by atoms with Crippen molar-refractivity contribution >= 4 is 62.9 Å². The molecule has 0 radical (unpaired) electrons. The van der Waals surface area contributed by atoms with Gasteiger partial charge in [0.1, 0.15) is 52.1 Å². The molecular weight excluding hydrogens is 883 g/mol. The van der Waals surface area contributed by atoms with E-state index in [4.69, 9.17) is 28.9 Å². The van der Waals surface area contributed by atoms with Crippen molar-refractivity contribution in [1.82, 2.24) is 19.9 Å². The lowest BCUT2D eigenvalue weighted by Gasteiger charge is -2.23. The molecular formula is C44H30Cl2F8N6O3. The number of nitrogens with one attached hydrogen (secondary N) is 1. The van der Waals surface area contributed by atoms with Gasteiger partial charge in [-0.05, 0) is 72.3 Å². The van der Waals surface area contributed by atoms with Crippen LogP contribution in [0.25, 0.3) is 21.8 Å². The van der Waals surface area contributed by atoms with E-state index in [1.165, 1.54) is 36.5 Å². The number of rotatable bonds is 5. The number of aromatic nitrogens is 4. The van der Waals surface area contributed by atoms with Gasteiger partial charge in [0.15, 0.2) is 0 Å². The maximum atomic E-state index is 13.4. The third-order valence-corrected chi connectivity index (χ3v) is 9.19. The fraction of sp³-hybridized carbons (Fsp3) is 0.0682. The van der Waals surface area contributed by atoms with Gasteiger partial charge >= 0.3 is 12.4 Å². The van der Waals surface area contributed by atoms with Crippen LogP contribution in [0.3, 0.4) is 0 Å². The molecule has 0 saturated carbocycles. The number of halogens is 10. The van der Waals surface area contributed by atoms with Crippen molar-refractivity contribution < 1.29 is 50.1 Å². The molecule has 9 nitrogen and oxygen atoms in total. The summed E-state index contributed by atoms with van der Waals surface area (Å²) in [6.07, 6.45) is -3.62. The van der Waals surface area contributed by atoms with E-state index >= 15 is 0 Å². The molecule has 19 heteroatoms. The van der Waals surface area contributed by atoms with Crippen LogP contribution in [0.5, 0.6) is 11.5 Å². The lowest BCUT2D eigenvalue weighted by Crippen LogP contribution is -2.15. The van der Waals surface area contributed by atoms with Crippen LogP contribution in [0, 0.1) is 11.6 Å². The zero-order chi connectivity index (χ0) is 45.9. The highest BCUT2D eigenvalue weighted by molar-refractivity contribution is 6.31. The second kappa shape index (κ2) is 20.6. The second-order valence-electron chi connectivity index (χ2n) is 12.9. The SMILES string of the molecule is Nc1ccc(F)cn1.O=Cc1ccc(Cl)c(C(F)(F)F)c1.Oc1c(C(Nc2ccc(F)cn2)c2ccc(Cl)c(C(F)(F)F)c2)ccc2cccnc12.Oc1cccc2cccnc12. The number of para-hydroxylation sites is 1. The molecule has 4 heterocycles. The summed E-state index contributed by atoms with van der Waals surface area (Å²) in [6, 6.07) is 26.6. The van der Waals surface area contributed by atoms with Crippen molar-refractivity contribution in [1.29, 1.82) is 0 Å². The predicted octanol–water partition coefficient (Wildman–Crippen LogP) is 12.3. The highest BCUT2D eigenvalue weighted by atomic mass is 35.5. The topological polar surface area (TPSA) is 147 Å². The molecule has 4 aromatic heterocycles. The molecule has 0 bridgehead atoms. The van der Waals surface area contributed by atoms with Crippen LogP contribution in [0.15, 0.2) is 140 Å². The average molecular weight is 914 g/mol. The summed E-state index contributed by atoms with van der Waals surface area (Å²) in [6.45, 7) is 0. The van der Waals surface area contributed by atoms with Crippen molar-refractivity contribution in [3.05, 3.63) is 190 Å². The Morgan fingerprint density at radius 3 is 1.76 bits per heavy atom. The number of hydrogen-bond donors (Lipinski definition) is 4. The van der Waals surface area contributed by atoms with Gasteiger partial charge in [0.05, 0.1) is 39.6 Å². The third-order valence-electron chi connectivity index (χ3n) is 8.53. The van der Waals surface area contributed by atoms with Crippen LogP contribution in [0.2, 0.25) is 10.0 Å². The molecule has 0 fully saturated rings. The molecule has 0 amide bonds. The molecule has 5 N–H and O–H groups in total. The van der Waals surface area contributed by atoms with Crippen molar-refractivity contribution in [2.75, 3.05) is 11.1 Å². The van der Waals surface area contributed by atoms with Crippen molar-refractivity contribution in [3.8, 4) is 11.5 Å². The summed E-state index contributed by atoms with van der Waals surface area (Å²) in [5, 5.41) is 23.9. The first-order valence-corrected chi connectivity index (χ1v) is 18.6. The smallest absolute Gasteiger partial charge is 0.417 e. The lowest BCUT2D eigenvalue weighted by atomic mass is 9.95. The Kier molecular flexibility index (Phi) is 15.4. The first kappa shape index (κ1) is 46.9. The number of aldehydes is 1. The molecule has 8 aromatic rings. The third kappa shape index (κ3) is 12.7. The fourth-order valence-electron chi connectivity index (χ4n) is 5.58. The van der Waals surface area contributed by atoms with Gasteiger partial charge in [-0.2, -0.15) is 26.3 Å². The molecule has 4 aromatic carbocycles. The van der Waals surface area contributed by atoms with E-state index in [2.05, 4.69) is 25.3 Å². The van der Waals surface area contributed by atoms with Crippen LogP contribution in [0.4, 0.5) is 46.8 Å². The van der Waals surface area contributed by atoms with Crippen molar-refractivity contribution in [2.45, 2.75) is 18.4 Å². The summed E-state index contributed by atoms with van der Waals surface area (Å²) in [4.78, 5) is 25.8. The standard InChI is InChI=1S/C22H14ClF4N3O.C9H7NO.C8H4ClF3O.C5H5FN2/c23-17-7-4-13(10-16(17)22(25,26)27)19(30-18-8-5-14(24)11-29-18)15-6-3-12-2-1-9-28-20(12)21(15)31;11-8-5-1-3-7-4-2-6-10-9(7)8;9-7-2-1-5(4-13)3-6(7)8(10,11)12;6-4-1-2-5(7)8-3-4/h1-11,19,31H,(H,29,30);1-6,11H;1-4H;1-3H,(H2,7,8). The van der Waals surface area contributed by atoms with Gasteiger partial charge in [0.25, 0.3) is 0 Å². The van der Waals surface area contributed by atoms with Crippen LogP contribution < -0.4 is 11.1 Å². The predicted molar refractivity (Wildman–Crippen MR) is 223 cm³/mol. The van der Waals surface area contributed by atoms with Crippen LogP contribution in [-0.4, -0.2) is 36.4 Å². The Bertz CT molecular complexity index is 2790. The number of benzene rings is 4. The Hall–Kier alpha value is -7.11. The second-order valence-corrected chi connectivity index (χ2v) is 13.7. The van der Waals surface area contributed by atoms with Gasteiger partial charge in [0, 0.05) is 34.3 Å². The van der Waals surface area contributed by atoms with E-state index in [1.807, 2.05) is 18.2 Å². The largest absolute Gasteiger partial charge is 0.506 e.